The molecule has 31 heavy (non-hydrogen) atoms. The highest BCUT2D eigenvalue weighted by atomic mass is 31.1. The van der Waals surface area contributed by atoms with E-state index in [0.717, 1.165) is 11.7 Å². The maximum atomic E-state index is 4.67. The van der Waals surface area contributed by atoms with Gasteiger partial charge in [0.1, 0.15) is 9.52 Å². The summed E-state index contributed by atoms with van der Waals surface area (Å²) >= 11 is 0. The summed E-state index contributed by atoms with van der Waals surface area (Å²) in [4.78, 5) is 4.67. The van der Waals surface area contributed by atoms with Crippen LogP contribution in [0.15, 0.2) is 121 Å². The molecule has 1 nitrogen and oxygen atoms in total. The number of fused-ring (bicyclic) bond motifs is 1. The number of para-hydroxylation sites is 1. The van der Waals surface area contributed by atoms with E-state index in [-0.39, 0.29) is 0 Å². The molecule has 0 fully saturated rings. The van der Waals surface area contributed by atoms with Gasteiger partial charge < -0.3 is 0 Å². The van der Waals surface area contributed by atoms with E-state index >= 15 is 0 Å². The topological polar surface area (TPSA) is 12.9 Å². The molecule has 1 aromatic heterocycles. The Morgan fingerprint density at radius 3 is 1.94 bits per heavy atom. The molecule has 0 aliphatic rings. The summed E-state index contributed by atoms with van der Waals surface area (Å²) < 4.78 is 0. The van der Waals surface area contributed by atoms with Gasteiger partial charge in [0.05, 0.1) is 5.52 Å². The molecule has 0 aliphatic heterocycles. The molecule has 3 heteroatoms. The monoisotopic (exact) mass is 431 g/mol. The molecule has 0 saturated carbocycles. The SMILES string of the molecule is c1ccc(P(Cc2ccccc2[Si]c2cccc3cccnc23)c2ccccc2)cc1. The third kappa shape index (κ3) is 4.51. The van der Waals surface area contributed by atoms with Crippen molar-refractivity contribution >= 4 is 49.3 Å². The van der Waals surface area contributed by atoms with E-state index in [2.05, 4.69) is 114 Å². The molecule has 148 valence electrons. The van der Waals surface area contributed by atoms with Crippen molar-refractivity contribution < 1.29 is 0 Å². The molecule has 5 aromatic rings. The summed E-state index contributed by atoms with van der Waals surface area (Å²) in [5.74, 6) is 0. The van der Waals surface area contributed by atoms with E-state index in [4.69, 9.17) is 0 Å². The van der Waals surface area contributed by atoms with E-state index in [1.54, 1.807) is 0 Å². The lowest BCUT2D eigenvalue weighted by Crippen LogP contribution is -2.31. The average Bonchev–Trinajstić information content (AvgIpc) is 2.85. The minimum Gasteiger partial charge on any atom is -0.256 e. The van der Waals surface area contributed by atoms with Crippen molar-refractivity contribution in [1.29, 1.82) is 0 Å². The summed E-state index contributed by atoms with van der Waals surface area (Å²) in [6.07, 6.45) is 2.94. The molecule has 0 unspecified atom stereocenters. The lowest BCUT2D eigenvalue weighted by atomic mass is 10.2. The fourth-order valence-electron chi connectivity index (χ4n) is 3.85. The van der Waals surface area contributed by atoms with Crippen LogP contribution in [0.2, 0.25) is 0 Å². The minimum atomic E-state index is -0.464. The summed E-state index contributed by atoms with van der Waals surface area (Å²) in [5.41, 5.74) is 2.55. The molecule has 4 aromatic carbocycles. The molecule has 5 rings (SSSR count). The van der Waals surface area contributed by atoms with Crippen LogP contribution in [0.3, 0.4) is 0 Å². The summed E-state index contributed by atoms with van der Waals surface area (Å²) in [5, 5.41) is 6.79. The first-order valence-corrected chi connectivity index (χ1v) is 13.0. The lowest BCUT2D eigenvalue weighted by molar-refractivity contribution is 1.42. The van der Waals surface area contributed by atoms with Crippen LogP contribution in [0.5, 0.6) is 0 Å². The van der Waals surface area contributed by atoms with Crippen LogP contribution in [0, 0.1) is 0 Å². The largest absolute Gasteiger partial charge is 0.256 e. The second-order valence-electron chi connectivity index (χ2n) is 7.42. The average molecular weight is 432 g/mol. The summed E-state index contributed by atoms with van der Waals surface area (Å²) in [6, 6.07) is 41.5. The highest BCUT2D eigenvalue weighted by molar-refractivity contribution is 7.72. The van der Waals surface area contributed by atoms with Crippen LogP contribution < -0.4 is 21.0 Å². The van der Waals surface area contributed by atoms with Crippen molar-refractivity contribution in [3.63, 3.8) is 0 Å². The third-order valence-corrected chi connectivity index (χ3v) is 9.31. The first-order valence-electron chi connectivity index (χ1n) is 10.4. The van der Waals surface area contributed by atoms with E-state index in [1.165, 1.54) is 31.9 Å². The first kappa shape index (κ1) is 19.9. The number of nitrogens with zero attached hydrogens (tertiary/aromatic N) is 1. The lowest BCUT2D eigenvalue weighted by Gasteiger charge is -2.20. The zero-order valence-electron chi connectivity index (χ0n) is 17.1. The number of pyridine rings is 1. The molecule has 0 atom stereocenters. The molecule has 1 heterocycles. The van der Waals surface area contributed by atoms with Crippen molar-refractivity contribution in [3.05, 3.63) is 127 Å². The Hall–Kier alpha value is -3.06. The second kappa shape index (κ2) is 9.39. The molecule has 0 aliphatic carbocycles. The van der Waals surface area contributed by atoms with Crippen LogP contribution in [-0.2, 0) is 6.16 Å². The van der Waals surface area contributed by atoms with Gasteiger partial charge in [-0.1, -0.05) is 114 Å². The smallest absolute Gasteiger partial charge is 0.124 e. The van der Waals surface area contributed by atoms with Crippen LogP contribution in [0.25, 0.3) is 10.9 Å². The van der Waals surface area contributed by atoms with E-state index < -0.39 is 7.92 Å². The predicted molar refractivity (Wildman–Crippen MR) is 136 cm³/mol. The molecule has 0 spiro atoms. The molecule has 0 N–H and O–H groups in total. The Bertz CT molecular complexity index is 1240. The Kier molecular flexibility index (Phi) is 6.02. The molecule has 0 amide bonds. The molecule has 0 bridgehead atoms. The van der Waals surface area contributed by atoms with Gasteiger partial charge in [0.25, 0.3) is 0 Å². The molecular weight excluding hydrogens is 409 g/mol. The Morgan fingerprint density at radius 2 is 1.19 bits per heavy atom. The maximum Gasteiger partial charge on any atom is 0.124 e. The van der Waals surface area contributed by atoms with Crippen molar-refractivity contribution in [2.24, 2.45) is 0 Å². The zero-order valence-corrected chi connectivity index (χ0v) is 19.0. The summed E-state index contributed by atoms with van der Waals surface area (Å²) in [7, 11) is 0.128. The van der Waals surface area contributed by atoms with Crippen molar-refractivity contribution in [2.45, 2.75) is 6.16 Å². The number of hydrogen-bond acceptors (Lipinski definition) is 1. The second-order valence-corrected chi connectivity index (χ2v) is 11.0. The van der Waals surface area contributed by atoms with Gasteiger partial charge in [0.15, 0.2) is 0 Å². The molecule has 2 radical (unpaired) electrons. The zero-order chi connectivity index (χ0) is 20.9. The fourth-order valence-corrected chi connectivity index (χ4v) is 7.65. The first-order chi connectivity index (χ1) is 15.4. The number of rotatable bonds is 6. The number of aromatic nitrogens is 1. The molecule has 0 saturated heterocycles. The van der Waals surface area contributed by atoms with E-state index in [1.807, 2.05) is 12.3 Å². The van der Waals surface area contributed by atoms with Gasteiger partial charge in [-0.15, -0.1) is 0 Å². The van der Waals surface area contributed by atoms with Gasteiger partial charge in [0, 0.05) is 17.7 Å². The van der Waals surface area contributed by atoms with Gasteiger partial charge in [-0.05, 0) is 35.3 Å². The van der Waals surface area contributed by atoms with Crippen LogP contribution >= 0.6 is 7.92 Å². The third-order valence-electron chi connectivity index (χ3n) is 5.38. The van der Waals surface area contributed by atoms with E-state index in [0.29, 0.717) is 9.52 Å². The van der Waals surface area contributed by atoms with Gasteiger partial charge in [-0.25, -0.2) is 0 Å². The molecular formula is C28H22NPSi. The Morgan fingerprint density at radius 1 is 0.581 bits per heavy atom. The Labute approximate surface area is 187 Å². The van der Waals surface area contributed by atoms with Gasteiger partial charge in [-0.3, -0.25) is 4.98 Å². The highest BCUT2D eigenvalue weighted by Gasteiger charge is 2.17. The quantitative estimate of drug-likeness (QED) is 0.285. The van der Waals surface area contributed by atoms with E-state index in [9.17, 15) is 0 Å². The highest BCUT2D eigenvalue weighted by Crippen LogP contribution is 2.37. The van der Waals surface area contributed by atoms with Gasteiger partial charge >= 0.3 is 0 Å². The van der Waals surface area contributed by atoms with Crippen molar-refractivity contribution in [3.8, 4) is 0 Å². The van der Waals surface area contributed by atoms with Gasteiger partial charge in [0.2, 0.25) is 0 Å². The number of hydrogen-bond donors (Lipinski definition) is 0. The van der Waals surface area contributed by atoms with Crippen molar-refractivity contribution in [2.75, 3.05) is 0 Å². The van der Waals surface area contributed by atoms with Crippen LogP contribution in [0.4, 0.5) is 0 Å². The number of benzene rings is 4. The maximum absolute atomic E-state index is 4.67. The predicted octanol–water partition coefficient (Wildman–Crippen LogP) is 4.52. The van der Waals surface area contributed by atoms with Crippen molar-refractivity contribution in [1.82, 2.24) is 4.98 Å². The standard InChI is InChI=1S/C28H22NPSi/c1-3-14-24(15-4-1)30(25-16-5-2-6-17-25)21-23-11-7-8-18-26(23)31-27-19-9-12-22-13-10-20-29-28(22)27/h1-20H,21H2. The Balaban J connectivity index is 1.52. The normalized spacial score (nSPS) is 11.1. The summed E-state index contributed by atoms with van der Waals surface area (Å²) in [6.45, 7) is 0. The van der Waals surface area contributed by atoms with Crippen LogP contribution in [-0.4, -0.2) is 14.5 Å². The minimum absolute atomic E-state index is 0.464. The van der Waals surface area contributed by atoms with Crippen LogP contribution in [0.1, 0.15) is 5.56 Å². The fraction of sp³-hybridized carbons (Fsp3) is 0.0357. The van der Waals surface area contributed by atoms with Gasteiger partial charge in [-0.2, -0.15) is 0 Å².